The first-order valence-electron chi connectivity index (χ1n) is 7.16. The second-order valence-corrected chi connectivity index (χ2v) is 6.70. The molecule has 0 unspecified atom stereocenters. The zero-order valence-corrected chi connectivity index (χ0v) is 15.6. The Morgan fingerprint density at radius 2 is 2.08 bits per heavy atom. The van der Waals surface area contributed by atoms with Gasteiger partial charge < -0.3 is 15.2 Å². The van der Waals surface area contributed by atoms with E-state index < -0.39 is 24.3 Å². The fourth-order valence-electron chi connectivity index (χ4n) is 2.09. The van der Waals surface area contributed by atoms with Crippen LogP contribution >= 0.6 is 27.7 Å². The molecule has 0 bridgehead atoms. The maximum Gasteiger partial charge on any atom is 0.341 e. The molecule has 2 aromatic rings. The molecule has 0 aliphatic rings. The number of hydrogen-bond acceptors (Lipinski definition) is 4. The summed E-state index contributed by atoms with van der Waals surface area (Å²) in [5.74, 6) is -1.87. The van der Waals surface area contributed by atoms with Crippen molar-refractivity contribution >= 4 is 39.6 Å². The predicted molar refractivity (Wildman–Crippen MR) is 96.6 cm³/mol. The number of thioether (sulfide) groups is 1. The SMILES string of the molecule is CSc1cccc(OCC(=O)O)c1C(=O)NCc1ccc(Br)cc1F. The van der Waals surface area contributed by atoms with Gasteiger partial charge in [-0.2, -0.15) is 0 Å². The van der Waals surface area contributed by atoms with Crippen molar-refractivity contribution in [3.8, 4) is 5.75 Å². The third-order valence-corrected chi connectivity index (χ3v) is 4.51. The summed E-state index contributed by atoms with van der Waals surface area (Å²) in [7, 11) is 0. The number of carboxylic acids is 1. The van der Waals surface area contributed by atoms with Crippen LogP contribution in [0, 0.1) is 5.82 Å². The van der Waals surface area contributed by atoms with E-state index in [1.807, 2.05) is 0 Å². The standard InChI is InChI=1S/C17H15BrFNO4S/c1-25-14-4-2-3-13(24-9-15(21)22)16(14)17(23)20-8-10-5-6-11(18)7-12(10)19/h2-7H,8-9H2,1H3,(H,20,23)(H,21,22). The number of carboxylic acid groups (broad SMARTS) is 1. The van der Waals surface area contributed by atoms with E-state index >= 15 is 0 Å². The lowest BCUT2D eigenvalue weighted by atomic mass is 10.1. The van der Waals surface area contributed by atoms with Crippen molar-refractivity contribution in [3.63, 3.8) is 0 Å². The summed E-state index contributed by atoms with van der Waals surface area (Å²) in [6.45, 7) is -0.557. The Labute approximate surface area is 156 Å². The molecule has 0 radical (unpaired) electrons. The molecule has 132 valence electrons. The number of aliphatic carboxylic acids is 1. The van der Waals surface area contributed by atoms with Crippen molar-refractivity contribution in [1.82, 2.24) is 5.32 Å². The summed E-state index contributed by atoms with van der Waals surface area (Å²) < 4.78 is 19.7. The van der Waals surface area contributed by atoms with Gasteiger partial charge in [-0.05, 0) is 30.5 Å². The third kappa shape index (κ3) is 5.20. The molecule has 25 heavy (non-hydrogen) atoms. The first-order valence-corrected chi connectivity index (χ1v) is 9.18. The summed E-state index contributed by atoms with van der Waals surface area (Å²) >= 11 is 4.51. The van der Waals surface area contributed by atoms with Crippen LogP contribution in [-0.2, 0) is 11.3 Å². The fraction of sp³-hybridized carbons (Fsp3) is 0.176. The fourth-order valence-corrected chi connectivity index (χ4v) is 3.04. The molecular formula is C17H15BrFNO4S. The molecule has 0 spiro atoms. The van der Waals surface area contributed by atoms with Gasteiger partial charge in [-0.15, -0.1) is 11.8 Å². The van der Waals surface area contributed by atoms with Crippen molar-refractivity contribution in [2.24, 2.45) is 0 Å². The highest BCUT2D eigenvalue weighted by Gasteiger charge is 2.18. The van der Waals surface area contributed by atoms with Gasteiger partial charge in [0.05, 0.1) is 5.56 Å². The lowest BCUT2D eigenvalue weighted by Crippen LogP contribution is -2.25. The van der Waals surface area contributed by atoms with Crippen LogP contribution in [-0.4, -0.2) is 29.8 Å². The Hall–Kier alpha value is -2.06. The lowest BCUT2D eigenvalue weighted by molar-refractivity contribution is -0.139. The molecule has 1 amide bonds. The molecule has 0 atom stereocenters. The second-order valence-electron chi connectivity index (χ2n) is 4.93. The first kappa shape index (κ1) is 19.3. The highest BCUT2D eigenvalue weighted by molar-refractivity contribution is 9.10. The Kier molecular flexibility index (Phi) is 6.83. The van der Waals surface area contributed by atoms with Crippen LogP contribution in [0.2, 0.25) is 0 Å². The molecule has 0 saturated heterocycles. The van der Waals surface area contributed by atoms with Crippen molar-refractivity contribution in [2.75, 3.05) is 12.9 Å². The number of amides is 1. The zero-order chi connectivity index (χ0) is 18.4. The predicted octanol–water partition coefficient (Wildman–Crippen LogP) is 3.70. The first-order chi connectivity index (χ1) is 11.9. The molecule has 2 aromatic carbocycles. The van der Waals surface area contributed by atoms with Crippen molar-refractivity contribution in [3.05, 3.63) is 57.8 Å². The number of rotatable bonds is 7. The summed E-state index contributed by atoms with van der Waals surface area (Å²) in [6, 6.07) is 9.50. The molecule has 0 heterocycles. The molecule has 0 fully saturated rings. The Morgan fingerprint density at radius 3 is 2.72 bits per heavy atom. The Balaban J connectivity index is 2.20. The molecule has 8 heteroatoms. The molecular weight excluding hydrogens is 413 g/mol. The number of halogens is 2. The average molecular weight is 428 g/mol. The summed E-state index contributed by atoms with van der Waals surface area (Å²) in [6.07, 6.45) is 1.79. The minimum atomic E-state index is -1.14. The van der Waals surface area contributed by atoms with E-state index in [2.05, 4.69) is 21.2 Å². The molecule has 0 aromatic heterocycles. The van der Waals surface area contributed by atoms with Crippen LogP contribution in [0.4, 0.5) is 4.39 Å². The van der Waals surface area contributed by atoms with Crippen molar-refractivity contribution in [1.29, 1.82) is 0 Å². The van der Waals surface area contributed by atoms with Gasteiger partial charge in [0.2, 0.25) is 0 Å². The maximum absolute atomic E-state index is 13.9. The average Bonchev–Trinajstić information content (AvgIpc) is 2.58. The largest absolute Gasteiger partial charge is 0.481 e. The van der Waals surface area contributed by atoms with Gasteiger partial charge in [0, 0.05) is 21.5 Å². The molecule has 0 saturated carbocycles. The molecule has 0 aliphatic heterocycles. The topological polar surface area (TPSA) is 75.6 Å². The molecule has 5 nitrogen and oxygen atoms in total. The van der Waals surface area contributed by atoms with Crippen molar-refractivity contribution < 1.29 is 23.8 Å². The molecule has 2 N–H and O–H groups in total. The molecule has 2 rings (SSSR count). The second kappa shape index (κ2) is 8.87. The summed E-state index contributed by atoms with van der Waals surface area (Å²) in [5, 5.41) is 11.4. The van der Waals surface area contributed by atoms with E-state index in [1.165, 1.54) is 23.9 Å². The van der Waals surface area contributed by atoms with Crippen LogP contribution in [0.3, 0.4) is 0 Å². The number of nitrogens with one attached hydrogen (secondary N) is 1. The Bertz CT molecular complexity index is 800. The van der Waals surface area contributed by atoms with Gasteiger partial charge in [-0.25, -0.2) is 9.18 Å². The number of ether oxygens (including phenoxy) is 1. The number of carbonyl (C=O) groups is 2. The van der Waals surface area contributed by atoms with Gasteiger partial charge in [-0.3, -0.25) is 4.79 Å². The van der Waals surface area contributed by atoms with Crippen LogP contribution in [0.1, 0.15) is 15.9 Å². The Morgan fingerprint density at radius 1 is 1.32 bits per heavy atom. The maximum atomic E-state index is 13.9. The smallest absolute Gasteiger partial charge is 0.341 e. The van der Waals surface area contributed by atoms with Gasteiger partial charge >= 0.3 is 5.97 Å². The number of benzene rings is 2. The lowest BCUT2D eigenvalue weighted by Gasteiger charge is -2.14. The van der Waals surface area contributed by atoms with Gasteiger partial charge in [0.1, 0.15) is 11.6 Å². The summed E-state index contributed by atoms with van der Waals surface area (Å²) in [4.78, 5) is 23.9. The highest BCUT2D eigenvalue weighted by Crippen LogP contribution is 2.29. The van der Waals surface area contributed by atoms with Gasteiger partial charge in [0.15, 0.2) is 6.61 Å². The zero-order valence-electron chi connectivity index (χ0n) is 13.2. The quantitative estimate of drug-likeness (QED) is 0.658. The van der Waals surface area contributed by atoms with Crippen LogP contribution in [0.15, 0.2) is 45.8 Å². The third-order valence-electron chi connectivity index (χ3n) is 3.24. The van der Waals surface area contributed by atoms with Gasteiger partial charge in [0.25, 0.3) is 5.91 Å². The highest BCUT2D eigenvalue weighted by atomic mass is 79.9. The van der Waals surface area contributed by atoms with E-state index in [4.69, 9.17) is 9.84 Å². The van der Waals surface area contributed by atoms with E-state index in [0.29, 0.717) is 14.9 Å². The van der Waals surface area contributed by atoms with Gasteiger partial charge in [-0.1, -0.05) is 28.1 Å². The minimum absolute atomic E-state index is 0.000960. The van der Waals surface area contributed by atoms with Crippen LogP contribution in [0.5, 0.6) is 5.75 Å². The van der Waals surface area contributed by atoms with E-state index in [0.717, 1.165) is 0 Å². The molecule has 0 aliphatic carbocycles. The number of hydrogen-bond donors (Lipinski definition) is 2. The normalized spacial score (nSPS) is 10.4. The van der Waals surface area contributed by atoms with E-state index in [-0.39, 0.29) is 17.9 Å². The summed E-state index contributed by atoms with van der Waals surface area (Å²) in [5.41, 5.74) is 0.569. The van der Waals surface area contributed by atoms with E-state index in [1.54, 1.807) is 30.5 Å². The van der Waals surface area contributed by atoms with E-state index in [9.17, 15) is 14.0 Å². The number of carbonyl (C=O) groups excluding carboxylic acids is 1. The monoisotopic (exact) mass is 427 g/mol. The van der Waals surface area contributed by atoms with Crippen LogP contribution < -0.4 is 10.1 Å². The van der Waals surface area contributed by atoms with Crippen molar-refractivity contribution in [2.45, 2.75) is 11.4 Å². The minimum Gasteiger partial charge on any atom is -0.481 e. The van der Waals surface area contributed by atoms with Crippen LogP contribution in [0.25, 0.3) is 0 Å².